The van der Waals surface area contributed by atoms with Crippen molar-refractivity contribution in [2.75, 3.05) is 7.11 Å². The number of methoxy groups -OCH3 is 1. The highest BCUT2D eigenvalue weighted by atomic mass is 16.7. The number of carbonyl (C=O) groups excluding carboxylic acids is 1. The molecule has 4 nitrogen and oxygen atoms in total. The zero-order valence-electron chi connectivity index (χ0n) is 12.7. The van der Waals surface area contributed by atoms with Crippen LogP contribution in [0, 0.1) is 0 Å². The van der Waals surface area contributed by atoms with E-state index in [0.29, 0.717) is 17.9 Å². The van der Waals surface area contributed by atoms with E-state index in [1.54, 1.807) is 7.11 Å². The minimum Gasteiger partial charge on any atom is -0.497 e. The van der Waals surface area contributed by atoms with Gasteiger partial charge in [0.05, 0.1) is 19.2 Å². The van der Waals surface area contributed by atoms with Crippen molar-refractivity contribution in [1.29, 1.82) is 0 Å². The van der Waals surface area contributed by atoms with E-state index in [0.717, 1.165) is 22.1 Å². The normalized spacial score (nSPS) is 13.1. The van der Waals surface area contributed by atoms with Crippen molar-refractivity contribution in [3.8, 4) is 11.5 Å². The molecular weight excluding hydrogens is 290 g/mol. The Hall–Kier alpha value is -3.01. The second-order valence-corrected chi connectivity index (χ2v) is 5.44. The highest BCUT2D eigenvalue weighted by molar-refractivity contribution is 6.10. The lowest BCUT2D eigenvalue weighted by molar-refractivity contribution is -0.0411. The first-order valence-electron chi connectivity index (χ1n) is 7.41. The smallest absolute Gasteiger partial charge is 0.287 e. The van der Waals surface area contributed by atoms with Crippen molar-refractivity contribution in [2.45, 2.75) is 6.54 Å². The molecule has 1 heterocycles. The van der Waals surface area contributed by atoms with E-state index < -0.39 is 0 Å². The summed E-state index contributed by atoms with van der Waals surface area (Å²) in [4.78, 5) is 18.5. The zero-order chi connectivity index (χ0) is 15.8. The summed E-state index contributed by atoms with van der Waals surface area (Å²) >= 11 is 0. The van der Waals surface area contributed by atoms with Crippen molar-refractivity contribution < 1.29 is 14.4 Å². The molecule has 0 bridgehead atoms. The quantitative estimate of drug-likeness (QED) is 0.739. The van der Waals surface area contributed by atoms with E-state index in [1.807, 2.05) is 60.7 Å². The Labute approximate surface area is 133 Å². The number of ether oxygens (including phenoxy) is 1. The molecule has 0 saturated carbocycles. The lowest BCUT2D eigenvalue weighted by Gasteiger charge is -2.28. The number of hydrogen-bond donors (Lipinski definition) is 0. The van der Waals surface area contributed by atoms with Gasteiger partial charge in [0.1, 0.15) is 5.75 Å². The Kier molecular flexibility index (Phi) is 3.15. The molecule has 4 rings (SSSR count). The summed E-state index contributed by atoms with van der Waals surface area (Å²) in [5.41, 5.74) is 1.66. The van der Waals surface area contributed by atoms with Crippen LogP contribution in [-0.4, -0.2) is 18.1 Å². The molecule has 1 aliphatic heterocycles. The number of rotatable bonds is 3. The van der Waals surface area contributed by atoms with Crippen LogP contribution >= 0.6 is 0 Å². The molecule has 0 saturated heterocycles. The fourth-order valence-electron chi connectivity index (χ4n) is 2.86. The van der Waals surface area contributed by atoms with Gasteiger partial charge in [-0.05, 0) is 35.2 Å². The third-order valence-electron chi connectivity index (χ3n) is 4.02. The van der Waals surface area contributed by atoms with Gasteiger partial charge < -0.3 is 9.57 Å². The molecule has 0 radical (unpaired) electrons. The third kappa shape index (κ3) is 2.28. The molecule has 0 fully saturated rings. The van der Waals surface area contributed by atoms with Crippen LogP contribution in [0.4, 0.5) is 0 Å². The number of benzene rings is 3. The van der Waals surface area contributed by atoms with Gasteiger partial charge in [-0.2, -0.15) is 5.06 Å². The van der Waals surface area contributed by atoms with Crippen molar-refractivity contribution in [3.63, 3.8) is 0 Å². The number of hydrogen-bond acceptors (Lipinski definition) is 3. The van der Waals surface area contributed by atoms with Crippen molar-refractivity contribution in [1.82, 2.24) is 5.06 Å². The van der Waals surface area contributed by atoms with Crippen LogP contribution in [0.3, 0.4) is 0 Å². The second-order valence-electron chi connectivity index (χ2n) is 5.44. The summed E-state index contributed by atoms with van der Waals surface area (Å²) in [5.74, 6) is 1.38. The third-order valence-corrected chi connectivity index (χ3v) is 4.02. The molecule has 0 aromatic heterocycles. The van der Waals surface area contributed by atoms with Gasteiger partial charge in [-0.1, -0.05) is 36.4 Å². The summed E-state index contributed by atoms with van der Waals surface area (Å²) in [7, 11) is 1.63. The van der Waals surface area contributed by atoms with Crippen molar-refractivity contribution in [2.24, 2.45) is 0 Å². The second kappa shape index (κ2) is 5.32. The maximum Gasteiger partial charge on any atom is 0.287 e. The molecule has 0 aliphatic carbocycles. The molecule has 114 valence electrons. The maximum absolute atomic E-state index is 12.7. The van der Waals surface area contributed by atoms with E-state index >= 15 is 0 Å². The lowest BCUT2D eigenvalue weighted by Crippen LogP contribution is -2.36. The van der Waals surface area contributed by atoms with Crippen molar-refractivity contribution >= 4 is 16.7 Å². The lowest BCUT2D eigenvalue weighted by atomic mass is 10.0. The van der Waals surface area contributed by atoms with Gasteiger partial charge in [0, 0.05) is 5.39 Å². The van der Waals surface area contributed by atoms with Crippen LogP contribution in [0.15, 0.2) is 60.7 Å². The van der Waals surface area contributed by atoms with Crippen LogP contribution in [0.25, 0.3) is 10.8 Å². The summed E-state index contributed by atoms with van der Waals surface area (Å²) in [5, 5.41) is 3.29. The van der Waals surface area contributed by atoms with Crippen LogP contribution < -0.4 is 9.57 Å². The predicted molar refractivity (Wildman–Crippen MR) is 87.4 cm³/mol. The Morgan fingerprint density at radius 1 is 1.00 bits per heavy atom. The Bertz CT molecular complexity index is 882. The fraction of sp³-hybridized carbons (Fsp3) is 0.105. The number of carbonyl (C=O) groups is 1. The maximum atomic E-state index is 12.7. The highest BCUT2D eigenvalue weighted by Crippen LogP contribution is 2.34. The average Bonchev–Trinajstić information content (AvgIpc) is 2.60. The molecule has 0 spiro atoms. The summed E-state index contributed by atoms with van der Waals surface area (Å²) < 4.78 is 5.15. The predicted octanol–water partition coefficient (Wildman–Crippen LogP) is 3.80. The Balaban J connectivity index is 1.68. The molecule has 0 atom stereocenters. The minimum absolute atomic E-state index is 0.120. The molecular formula is C19H15NO3. The van der Waals surface area contributed by atoms with E-state index in [4.69, 9.17) is 9.57 Å². The van der Waals surface area contributed by atoms with Crippen LogP contribution in [0.2, 0.25) is 0 Å². The summed E-state index contributed by atoms with van der Waals surface area (Å²) in [6.45, 7) is 0.382. The van der Waals surface area contributed by atoms with Gasteiger partial charge in [0.25, 0.3) is 5.91 Å². The van der Waals surface area contributed by atoms with E-state index in [1.165, 1.54) is 5.06 Å². The Morgan fingerprint density at radius 2 is 1.74 bits per heavy atom. The van der Waals surface area contributed by atoms with Gasteiger partial charge in [0.2, 0.25) is 0 Å². The van der Waals surface area contributed by atoms with Gasteiger partial charge in [-0.15, -0.1) is 0 Å². The minimum atomic E-state index is -0.120. The molecule has 1 aliphatic rings. The van der Waals surface area contributed by atoms with Gasteiger partial charge >= 0.3 is 0 Å². The molecule has 3 aromatic carbocycles. The standard InChI is InChI=1S/C19H15NO3/c1-22-15-10-8-13(9-11-15)12-20-19(21)16-6-2-4-14-5-3-7-17(23-20)18(14)16/h2-11H,12H2,1H3. The molecule has 0 N–H and O–H groups in total. The number of amides is 1. The topological polar surface area (TPSA) is 38.8 Å². The number of nitrogens with zero attached hydrogens (tertiary/aromatic N) is 1. The summed E-state index contributed by atoms with van der Waals surface area (Å²) in [6.07, 6.45) is 0. The first kappa shape index (κ1) is 13.6. The first-order chi connectivity index (χ1) is 11.3. The SMILES string of the molecule is COc1ccc(CN2Oc3cccc4cccc(c34)C2=O)cc1. The van der Waals surface area contributed by atoms with E-state index in [2.05, 4.69) is 0 Å². The van der Waals surface area contributed by atoms with E-state index in [9.17, 15) is 4.79 Å². The largest absolute Gasteiger partial charge is 0.497 e. The molecule has 0 unspecified atom stereocenters. The number of hydroxylamine groups is 2. The molecule has 1 amide bonds. The molecule has 23 heavy (non-hydrogen) atoms. The molecule has 4 heteroatoms. The van der Waals surface area contributed by atoms with Gasteiger partial charge in [0.15, 0.2) is 5.75 Å². The van der Waals surface area contributed by atoms with Gasteiger partial charge in [-0.25, -0.2) is 0 Å². The Morgan fingerprint density at radius 3 is 2.48 bits per heavy atom. The van der Waals surface area contributed by atoms with Crippen LogP contribution in [0.5, 0.6) is 11.5 Å². The summed E-state index contributed by atoms with van der Waals surface area (Å²) in [6, 6.07) is 19.1. The van der Waals surface area contributed by atoms with Gasteiger partial charge in [-0.3, -0.25) is 4.79 Å². The van der Waals surface area contributed by atoms with E-state index in [-0.39, 0.29) is 5.91 Å². The first-order valence-corrected chi connectivity index (χ1v) is 7.41. The van der Waals surface area contributed by atoms with Crippen LogP contribution in [0.1, 0.15) is 15.9 Å². The average molecular weight is 305 g/mol. The highest BCUT2D eigenvalue weighted by Gasteiger charge is 2.27. The molecule has 3 aromatic rings. The zero-order valence-corrected chi connectivity index (χ0v) is 12.7. The monoisotopic (exact) mass is 305 g/mol. The van der Waals surface area contributed by atoms with Crippen LogP contribution in [-0.2, 0) is 6.54 Å². The van der Waals surface area contributed by atoms with Crippen molar-refractivity contribution in [3.05, 3.63) is 71.8 Å². The fourth-order valence-corrected chi connectivity index (χ4v) is 2.86.